The van der Waals surface area contributed by atoms with Crippen LogP contribution in [0.3, 0.4) is 0 Å². The van der Waals surface area contributed by atoms with Crippen LogP contribution in [0.15, 0.2) is 36.9 Å². The van der Waals surface area contributed by atoms with Crippen molar-refractivity contribution in [2.75, 3.05) is 12.3 Å². The molecular weight excluding hydrogens is 242 g/mol. The highest BCUT2D eigenvalue weighted by atomic mass is 16.2. The van der Waals surface area contributed by atoms with Gasteiger partial charge in [-0.2, -0.15) is 0 Å². The van der Waals surface area contributed by atoms with Gasteiger partial charge in [-0.05, 0) is 24.6 Å². The number of nitrogens with two attached hydrogens (primary N) is 1. The molecule has 2 heterocycles. The van der Waals surface area contributed by atoms with Gasteiger partial charge in [0.25, 0.3) is 5.91 Å². The van der Waals surface area contributed by atoms with Crippen LogP contribution in [0.25, 0.3) is 0 Å². The standard InChI is InChI=1S/C13H15N5O/c1-2-18(9-10-3-5-15-6-4-10)13(19)11-7-16-8-12(14)17-11/h3-8H,2,9H2,1H3,(H2,14,17). The maximum Gasteiger partial charge on any atom is 0.274 e. The first-order valence-corrected chi connectivity index (χ1v) is 5.96. The van der Waals surface area contributed by atoms with Crippen molar-refractivity contribution in [3.63, 3.8) is 0 Å². The van der Waals surface area contributed by atoms with Crippen molar-refractivity contribution in [3.8, 4) is 0 Å². The summed E-state index contributed by atoms with van der Waals surface area (Å²) < 4.78 is 0. The Kier molecular flexibility index (Phi) is 4.02. The Morgan fingerprint density at radius 1 is 1.26 bits per heavy atom. The van der Waals surface area contributed by atoms with Gasteiger partial charge in [0.1, 0.15) is 11.5 Å². The van der Waals surface area contributed by atoms with Crippen LogP contribution < -0.4 is 5.73 Å². The van der Waals surface area contributed by atoms with Crippen molar-refractivity contribution < 1.29 is 4.79 Å². The fourth-order valence-electron chi connectivity index (χ4n) is 1.68. The van der Waals surface area contributed by atoms with E-state index in [1.165, 1.54) is 12.4 Å². The van der Waals surface area contributed by atoms with Crippen LogP contribution in [0, 0.1) is 0 Å². The second kappa shape index (κ2) is 5.90. The van der Waals surface area contributed by atoms with E-state index in [9.17, 15) is 4.79 Å². The smallest absolute Gasteiger partial charge is 0.274 e. The summed E-state index contributed by atoms with van der Waals surface area (Å²) in [5.74, 6) is 0.0601. The molecule has 0 atom stereocenters. The molecule has 6 heteroatoms. The van der Waals surface area contributed by atoms with Gasteiger partial charge in [-0.1, -0.05) is 0 Å². The third kappa shape index (κ3) is 3.25. The number of carbonyl (C=O) groups is 1. The Hall–Kier alpha value is -2.50. The maximum absolute atomic E-state index is 12.3. The lowest BCUT2D eigenvalue weighted by molar-refractivity contribution is 0.0746. The first-order valence-electron chi connectivity index (χ1n) is 5.96. The number of aromatic nitrogens is 3. The van der Waals surface area contributed by atoms with E-state index in [1.54, 1.807) is 17.3 Å². The van der Waals surface area contributed by atoms with Crippen LogP contribution in [0.2, 0.25) is 0 Å². The summed E-state index contributed by atoms with van der Waals surface area (Å²) in [4.78, 5) is 25.8. The first kappa shape index (κ1) is 12.9. The topological polar surface area (TPSA) is 85.0 Å². The summed E-state index contributed by atoms with van der Waals surface area (Å²) in [5.41, 5.74) is 6.81. The van der Waals surface area contributed by atoms with Crippen LogP contribution in [0.4, 0.5) is 5.82 Å². The Labute approximate surface area is 111 Å². The summed E-state index contributed by atoms with van der Waals surface area (Å²) in [6.07, 6.45) is 6.24. The van der Waals surface area contributed by atoms with Crippen LogP contribution in [0.5, 0.6) is 0 Å². The van der Waals surface area contributed by atoms with E-state index in [4.69, 9.17) is 5.73 Å². The molecule has 2 aromatic heterocycles. The minimum atomic E-state index is -0.181. The molecule has 0 spiro atoms. The van der Waals surface area contributed by atoms with Crippen molar-refractivity contribution in [2.45, 2.75) is 13.5 Å². The van der Waals surface area contributed by atoms with E-state index in [0.717, 1.165) is 5.56 Å². The second-order valence-corrected chi connectivity index (χ2v) is 4.00. The molecular formula is C13H15N5O. The summed E-state index contributed by atoms with van der Waals surface area (Å²) in [6, 6.07) is 3.75. The van der Waals surface area contributed by atoms with E-state index in [-0.39, 0.29) is 17.4 Å². The van der Waals surface area contributed by atoms with Gasteiger partial charge >= 0.3 is 0 Å². The lowest BCUT2D eigenvalue weighted by atomic mass is 10.2. The maximum atomic E-state index is 12.3. The quantitative estimate of drug-likeness (QED) is 0.887. The van der Waals surface area contributed by atoms with Crippen molar-refractivity contribution in [2.24, 2.45) is 0 Å². The Morgan fingerprint density at radius 2 is 2.00 bits per heavy atom. The van der Waals surface area contributed by atoms with Gasteiger partial charge in [-0.3, -0.25) is 14.8 Å². The number of anilines is 1. The highest BCUT2D eigenvalue weighted by Gasteiger charge is 2.16. The van der Waals surface area contributed by atoms with E-state index in [2.05, 4.69) is 15.0 Å². The minimum absolute atomic E-state index is 0.181. The van der Waals surface area contributed by atoms with E-state index in [1.807, 2.05) is 19.1 Å². The van der Waals surface area contributed by atoms with Crippen LogP contribution in [-0.4, -0.2) is 32.3 Å². The fraction of sp³-hybridized carbons (Fsp3) is 0.231. The predicted octanol–water partition coefficient (Wildman–Crippen LogP) is 1.12. The molecule has 2 aromatic rings. The lowest BCUT2D eigenvalue weighted by Gasteiger charge is -2.20. The summed E-state index contributed by atoms with van der Waals surface area (Å²) in [5, 5.41) is 0. The monoisotopic (exact) mass is 257 g/mol. The molecule has 0 aliphatic heterocycles. The number of rotatable bonds is 4. The summed E-state index contributed by atoms with van der Waals surface area (Å²) in [7, 11) is 0. The van der Waals surface area contributed by atoms with Gasteiger partial charge in [0.05, 0.1) is 12.4 Å². The highest BCUT2D eigenvalue weighted by Crippen LogP contribution is 2.08. The van der Waals surface area contributed by atoms with Crippen molar-refractivity contribution >= 4 is 11.7 Å². The van der Waals surface area contributed by atoms with Crippen LogP contribution in [-0.2, 0) is 6.54 Å². The van der Waals surface area contributed by atoms with Gasteiger partial charge in [-0.15, -0.1) is 0 Å². The molecule has 0 aliphatic carbocycles. The molecule has 98 valence electrons. The minimum Gasteiger partial charge on any atom is -0.382 e. The molecule has 0 aromatic carbocycles. The molecule has 1 amide bonds. The van der Waals surface area contributed by atoms with Gasteiger partial charge < -0.3 is 10.6 Å². The number of nitrogen functional groups attached to an aromatic ring is 1. The number of amides is 1. The zero-order valence-electron chi connectivity index (χ0n) is 10.7. The van der Waals surface area contributed by atoms with E-state index in [0.29, 0.717) is 13.1 Å². The number of hydrogen-bond donors (Lipinski definition) is 1. The third-order valence-corrected chi connectivity index (χ3v) is 2.66. The average molecular weight is 257 g/mol. The molecule has 19 heavy (non-hydrogen) atoms. The normalized spacial score (nSPS) is 10.2. The summed E-state index contributed by atoms with van der Waals surface area (Å²) in [6.45, 7) is 3.00. The van der Waals surface area contributed by atoms with Gasteiger partial charge in [0.15, 0.2) is 0 Å². The zero-order chi connectivity index (χ0) is 13.7. The average Bonchev–Trinajstić information content (AvgIpc) is 2.45. The number of hydrogen-bond acceptors (Lipinski definition) is 5. The Morgan fingerprint density at radius 3 is 2.63 bits per heavy atom. The summed E-state index contributed by atoms with van der Waals surface area (Å²) >= 11 is 0. The zero-order valence-corrected chi connectivity index (χ0v) is 10.7. The molecule has 0 saturated heterocycles. The van der Waals surface area contributed by atoms with Crippen molar-refractivity contribution in [1.29, 1.82) is 0 Å². The molecule has 2 rings (SSSR count). The van der Waals surface area contributed by atoms with Gasteiger partial charge in [-0.25, -0.2) is 4.98 Å². The number of nitrogens with zero attached hydrogens (tertiary/aromatic N) is 4. The van der Waals surface area contributed by atoms with E-state index < -0.39 is 0 Å². The van der Waals surface area contributed by atoms with Crippen LogP contribution >= 0.6 is 0 Å². The van der Waals surface area contributed by atoms with Crippen molar-refractivity contribution in [3.05, 3.63) is 48.2 Å². The molecule has 0 unspecified atom stereocenters. The molecule has 0 aliphatic rings. The molecule has 0 bridgehead atoms. The van der Waals surface area contributed by atoms with Crippen LogP contribution in [0.1, 0.15) is 23.0 Å². The lowest BCUT2D eigenvalue weighted by Crippen LogP contribution is -2.31. The van der Waals surface area contributed by atoms with E-state index >= 15 is 0 Å². The number of carbonyl (C=O) groups excluding carboxylic acids is 1. The molecule has 2 N–H and O–H groups in total. The third-order valence-electron chi connectivity index (χ3n) is 2.66. The van der Waals surface area contributed by atoms with Crippen molar-refractivity contribution in [1.82, 2.24) is 19.9 Å². The Balaban J connectivity index is 2.16. The van der Waals surface area contributed by atoms with Gasteiger partial charge in [0, 0.05) is 25.5 Å². The predicted molar refractivity (Wildman–Crippen MR) is 71.1 cm³/mol. The highest BCUT2D eigenvalue weighted by molar-refractivity contribution is 5.92. The van der Waals surface area contributed by atoms with Gasteiger partial charge in [0.2, 0.25) is 0 Å². The molecule has 0 radical (unpaired) electrons. The molecule has 0 fully saturated rings. The fourth-order valence-corrected chi connectivity index (χ4v) is 1.68. The number of pyridine rings is 1. The Bertz CT molecular complexity index is 558. The second-order valence-electron chi connectivity index (χ2n) is 4.00. The first-order chi connectivity index (χ1) is 9.20. The molecule has 6 nitrogen and oxygen atoms in total. The SMILES string of the molecule is CCN(Cc1ccncc1)C(=O)c1cncc(N)n1. The molecule has 0 saturated carbocycles. The largest absolute Gasteiger partial charge is 0.382 e.